The van der Waals surface area contributed by atoms with E-state index in [-0.39, 0.29) is 42.2 Å². The minimum Gasteiger partial charge on any atom is -0.494 e. The van der Waals surface area contributed by atoms with Gasteiger partial charge in [0.1, 0.15) is 0 Å². The highest BCUT2D eigenvalue weighted by Crippen LogP contribution is 2.24. The number of hydrogen-bond donors (Lipinski definition) is 0. The summed E-state index contributed by atoms with van der Waals surface area (Å²) in [6.45, 7) is 0.824. The first-order valence-electron chi connectivity index (χ1n) is 7.09. The number of amides is 3. The molecule has 8 heteroatoms. The third-order valence-electron chi connectivity index (χ3n) is 3.92. The molecule has 3 amide bonds. The zero-order valence-corrected chi connectivity index (χ0v) is 12.5. The fraction of sp³-hybridized carbons (Fsp3) is 0.400. The standard InChI is InChI=1S/C15H15FN2O5/c1-22-12-3-2-10(4-11(12)16)14(20)17-5-9(6-17)7-18-13(19)8-23-15(18)21/h2-4,9H,5-8H2,1H3. The minimum atomic E-state index is -0.642. The fourth-order valence-electron chi connectivity index (χ4n) is 2.65. The molecule has 0 unspecified atom stereocenters. The van der Waals surface area contributed by atoms with E-state index in [4.69, 9.17) is 4.74 Å². The van der Waals surface area contributed by atoms with Crippen molar-refractivity contribution >= 4 is 17.9 Å². The van der Waals surface area contributed by atoms with E-state index in [0.717, 1.165) is 11.0 Å². The van der Waals surface area contributed by atoms with Gasteiger partial charge < -0.3 is 14.4 Å². The number of methoxy groups -OCH3 is 1. The number of hydrogen-bond acceptors (Lipinski definition) is 5. The molecule has 2 heterocycles. The quantitative estimate of drug-likeness (QED) is 0.823. The van der Waals surface area contributed by atoms with Crippen LogP contribution in [0.4, 0.5) is 9.18 Å². The van der Waals surface area contributed by atoms with Gasteiger partial charge in [-0.05, 0) is 18.2 Å². The Morgan fingerprint density at radius 2 is 2.13 bits per heavy atom. The van der Waals surface area contributed by atoms with Crippen LogP contribution in [-0.4, -0.2) is 61.1 Å². The molecule has 122 valence electrons. The molecule has 0 N–H and O–H groups in total. The van der Waals surface area contributed by atoms with Crippen LogP contribution in [0, 0.1) is 11.7 Å². The molecule has 1 aromatic carbocycles. The van der Waals surface area contributed by atoms with Crippen LogP contribution in [0.1, 0.15) is 10.4 Å². The summed E-state index contributed by atoms with van der Waals surface area (Å²) < 4.78 is 23.1. The lowest BCUT2D eigenvalue weighted by molar-refractivity contribution is -0.126. The zero-order valence-electron chi connectivity index (χ0n) is 12.5. The van der Waals surface area contributed by atoms with Crippen LogP contribution in [0.2, 0.25) is 0 Å². The van der Waals surface area contributed by atoms with Crippen LogP contribution in [0.3, 0.4) is 0 Å². The van der Waals surface area contributed by atoms with Gasteiger partial charge in [-0.25, -0.2) is 14.1 Å². The summed E-state index contributed by atoms with van der Waals surface area (Å²) in [5.41, 5.74) is 0.235. The van der Waals surface area contributed by atoms with Crippen LogP contribution in [0.25, 0.3) is 0 Å². The third-order valence-corrected chi connectivity index (χ3v) is 3.92. The average Bonchev–Trinajstić information content (AvgIpc) is 2.81. The second-order valence-electron chi connectivity index (χ2n) is 5.48. The molecule has 2 aliphatic heterocycles. The van der Waals surface area contributed by atoms with Crippen LogP contribution in [0.15, 0.2) is 18.2 Å². The number of carbonyl (C=O) groups is 3. The van der Waals surface area contributed by atoms with Gasteiger partial charge in [0.2, 0.25) is 0 Å². The molecule has 23 heavy (non-hydrogen) atoms. The molecular formula is C15H15FN2O5. The molecule has 0 radical (unpaired) electrons. The van der Waals surface area contributed by atoms with Crippen molar-refractivity contribution in [3.8, 4) is 5.75 Å². The predicted octanol–water partition coefficient (Wildman–Crippen LogP) is 0.885. The number of rotatable bonds is 4. The van der Waals surface area contributed by atoms with Gasteiger partial charge in [-0.15, -0.1) is 0 Å². The number of halogens is 1. The summed E-state index contributed by atoms with van der Waals surface area (Å²) in [5, 5.41) is 0. The third kappa shape index (κ3) is 2.84. The number of imide groups is 1. The highest BCUT2D eigenvalue weighted by Gasteiger charge is 2.38. The lowest BCUT2D eigenvalue weighted by atomic mass is 9.98. The van der Waals surface area contributed by atoms with E-state index in [1.54, 1.807) is 0 Å². The number of carbonyl (C=O) groups excluding carboxylic acids is 3. The highest BCUT2D eigenvalue weighted by atomic mass is 19.1. The van der Waals surface area contributed by atoms with Crippen molar-refractivity contribution in [1.82, 2.24) is 9.80 Å². The molecule has 3 rings (SSSR count). The van der Waals surface area contributed by atoms with Gasteiger partial charge in [0, 0.05) is 31.1 Å². The first-order valence-corrected chi connectivity index (χ1v) is 7.09. The number of ether oxygens (including phenoxy) is 2. The second-order valence-corrected chi connectivity index (χ2v) is 5.48. The Bertz CT molecular complexity index is 656. The molecule has 7 nitrogen and oxygen atoms in total. The van der Waals surface area contributed by atoms with Gasteiger partial charge in [-0.2, -0.15) is 0 Å². The maximum atomic E-state index is 13.6. The maximum absolute atomic E-state index is 13.6. The molecule has 0 atom stereocenters. The smallest absolute Gasteiger partial charge is 0.417 e. The fourth-order valence-corrected chi connectivity index (χ4v) is 2.65. The largest absolute Gasteiger partial charge is 0.494 e. The summed E-state index contributed by atoms with van der Waals surface area (Å²) in [7, 11) is 1.35. The number of nitrogens with zero attached hydrogens (tertiary/aromatic N) is 2. The number of cyclic esters (lactones) is 1. The summed E-state index contributed by atoms with van der Waals surface area (Å²) in [4.78, 5) is 37.6. The van der Waals surface area contributed by atoms with Gasteiger partial charge in [0.25, 0.3) is 11.8 Å². The molecule has 0 bridgehead atoms. The summed E-state index contributed by atoms with van der Waals surface area (Å²) in [6.07, 6.45) is -0.642. The second kappa shape index (κ2) is 5.86. The van der Waals surface area contributed by atoms with Gasteiger partial charge in [-0.1, -0.05) is 0 Å². The van der Waals surface area contributed by atoms with E-state index < -0.39 is 11.9 Å². The topological polar surface area (TPSA) is 76.2 Å². The molecule has 0 aliphatic carbocycles. The molecule has 2 aliphatic rings. The van der Waals surface area contributed by atoms with Crippen molar-refractivity contribution in [2.24, 2.45) is 5.92 Å². The van der Waals surface area contributed by atoms with Crippen molar-refractivity contribution in [2.75, 3.05) is 33.4 Å². The van der Waals surface area contributed by atoms with Gasteiger partial charge in [-0.3, -0.25) is 9.59 Å². The molecular weight excluding hydrogens is 307 g/mol. The van der Waals surface area contributed by atoms with E-state index in [1.807, 2.05) is 0 Å². The lowest BCUT2D eigenvalue weighted by Crippen LogP contribution is -2.54. The van der Waals surface area contributed by atoms with Crippen LogP contribution >= 0.6 is 0 Å². The van der Waals surface area contributed by atoms with Crippen LogP contribution in [-0.2, 0) is 9.53 Å². The zero-order chi connectivity index (χ0) is 16.6. The Morgan fingerprint density at radius 3 is 2.70 bits per heavy atom. The highest BCUT2D eigenvalue weighted by molar-refractivity contribution is 5.98. The lowest BCUT2D eigenvalue weighted by Gasteiger charge is -2.40. The minimum absolute atomic E-state index is 0.0108. The van der Waals surface area contributed by atoms with Gasteiger partial charge in [0.15, 0.2) is 18.2 Å². The van der Waals surface area contributed by atoms with Crippen molar-refractivity contribution in [3.63, 3.8) is 0 Å². The molecule has 2 fully saturated rings. The Morgan fingerprint density at radius 1 is 1.39 bits per heavy atom. The summed E-state index contributed by atoms with van der Waals surface area (Å²) >= 11 is 0. The monoisotopic (exact) mass is 322 g/mol. The average molecular weight is 322 g/mol. The van der Waals surface area contributed by atoms with Crippen LogP contribution < -0.4 is 4.74 Å². The first kappa shape index (κ1) is 15.3. The molecule has 0 spiro atoms. The Hall–Kier alpha value is -2.64. The van der Waals surface area contributed by atoms with Crippen molar-refractivity contribution < 1.29 is 28.2 Å². The van der Waals surface area contributed by atoms with Gasteiger partial charge in [0.05, 0.1) is 7.11 Å². The summed E-state index contributed by atoms with van der Waals surface area (Å²) in [5.74, 6) is -1.17. The molecule has 0 saturated carbocycles. The van der Waals surface area contributed by atoms with Crippen molar-refractivity contribution in [2.45, 2.75) is 0 Å². The Labute approximate surface area is 131 Å². The van der Waals surface area contributed by atoms with E-state index >= 15 is 0 Å². The SMILES string of the molecule is COc1ccc(C(=O)N2CC(CN3C(=O)COC3=O)C2)cc1F. The van der Waals surface area contributed by atoms with Gasteiger partial charge >= 0.3 is 6.09 Å². The van der Waals surface area contributed by atoms with E-state index in [2.05, 4.69) is 4.74 Å². The van der Waals surface area contributed by atoms with Crippen LogP contribution in [0.5, 0.6) is 5.75 Å². The van der Waals surface area contributed by atoms with E-state index in [9.17, 15) is 18.8 Å². The summed E-state index contributed by atoms with van der Waals surface area (Å²) in [6, 6.07) is 4.04. The van der Waals surface area contributed by atoms with Crippen molar-refractivity contribution in [1.29, 1.82) is 0 Å². The maximum Gasteiger partial charge on any atom is 0.417 e. The number of benzene rings is 1. The molecule has 0 aromatic heterocycles. The molecule has 1 aromatic rings. The first-order chi connectivity index (χ1) is 11.0. The van der Waals surface area contributed by atoms with E-state index in [1.165, 1.54) is 24.1 Å². The Kier molecular flexibility index (Phi) is 3.89. The van der Waals surface area contributed by atoms with E-state index in [0.29, 0.717) is 13.1 Å². The Balaban J connectivity index is 1.56. The van der Waals surface area contributed by atoms with Crippen molar-refractivity contribution in [3.05, 3.63) is 29.6 Å². The number of likely N-dealkylation sites (tertiary alicyclic amines) is 1. The predicted molar refractivity (Wildman–Crippen MR) is 75.4 cm³/mol. The normalized spacial score (nSPS) is 18.0. The molecule has 2 saturated heterocycles.